The van der Waals surface area contributed by atoms with Crippen molar-refractivity contribution in [2.45, 2.75) is 89.9 Å². The van der Waals surface area contributed by atoms with Crippen molar-refractivity contribution < 1.29 is 13.9 Å². The van der Waals surface area contributed by atoms with Gasteiger partial charge in [0.15, 0.2) is 0 Å². The van der Waals surface area contributed by atoms with Gasteiger partial charge in [-0.3, -0.25) is 9.78 Å². The summed E-state index contributed by atoms with van der Waals surface area (Å²) in [5, 5.41) is 8.81. The number of carbonyl (C=O) groups excluding carboxylic acids is 1. The fourth-order valence-corrected chi connectivity index (χ4v) is 4.59. The molecule has 176 valence electrons. The van der Waals surface area contributed by atoms with Gasteiger partial charge in [0.25, 0.3) is 0 Å². The van der Waals surface area contributed by atoms with Crippen LogP contribution >= 0.6 is 0 Å². The van der Waals surface area contributed by atoms with Gasteiger partial charge in [0.05, 0.1) is 11.5 Å². The molecule has 1 saturated carbocycles. The van der Waals surface area contributed by atoms with E-state index in [0.717, 1.165) is 43.9 Å². The van der Waals surface area contributed by atoms with Crippen molar-refractivity contribution in [1.29, 1.82) is 5.26 Å². The molecular formula is C28H35FN2O2. The number of pyridine rings is 1. The minimum absolute atomic E-state index is 0.0590. The highest BCUT2D eigenvalue weighted by Crippen LogP contribution is 2.35. The fourth-order valence-electron chi connectivity index (χ4n) is 4.59. The van der Waals surface area contributed by atoms with E-state index in [1.165, 1.54) is 62.6 Å². The smallest absolute Gasteiger partial charge is 0.314 e. The maximum absolute atomic E-state index is 13.7. The molecule has 0 radical (unpaired) electrons. The van der Waals surface area contributed by atoms with Gasteiger partial charge in [-0.25, -0.2) is 4.39 Å². The lowest BCUT2D eigenvalue weighted by Gasteiger charge is -2.27. The van der Waals surface area contributed by atoms with Crippen LogP contribution in [0.4, 0.5) is 4.39 Å². The first kappa shape index (κ1) is 24.9. The second-order valence-electron chi connectivity index (χ2n) is 9.19. The fraction of sp³-hybridized carbons (Fsp3) is 0.536. The zero-order valence-electron chi connectivity index (χ0n) is 19.7. The molecule has 0 aliphatic heterocycles. The van der Waals surface area contributed by atoms with Gasteiger partial charge in [-0.1, -0.05) is 51.5 Å². The SMILES string of the molecule is CCCCCCCCCc1ccc(C2CCC(C(=O)Oc3ccc(C#N)c(F)c3)CC2)nc1. The van der Waals surface area contributed by atoms with Gasteiger partial charge in [0, 0.05) is 23.9 Å². The van der Waals surface area contributed by atoms with Crippen LogP contribution in [0.5, 0.6) is 5.75 Å². The highest BCUT2D eigenvalue weighted by atomic mass is 19.1. The van der Waals surface area contributed by atoms with E-state index in [1.807, 2.05) is 6.20 Å². The summed E-state index contributed by atoms with van der Waals surface area (Å²) in [5.41, 5.74) is 2.36. The first-order chi connectivity index (χ1) is 16.1. The Morgan fingerprint density at radius 3 is 2.42 bits per heavy atom. The third-order valence-electron chi connectivity index (χ3n) is 6.67. The lowest BCUT2D eigenvalue weighted by molar-refractivity contribution is -0.140. The first-order valence-corrected chi connectivity index (χ1v) is 12.5. The molecule has 0 unspecified atom stereocenters. The monoisotopic (exact) mass is 450 g/mol. The summed E-state index contributed by atoms with van der Waals surface area (Å²) < 4.78 is 19.1. The van der Waals surface area contributed by atoms with Gasteiger partial charge in [0.2, 0.25) is 0 Å². The van der Waals surface area contributed by atoms with Gasteiger partial charge >= 0.3 is 5.97 Å². The predicted octanol–water partition coefficient (Wildman–Crippen LogP) is 7.26. The molecule has 4 nitrogen and oxygen atoms in total. The number of rotatable bonds is 11. The molecule has 0 N–H and O–H groups in total. The minimum Gasteiger partial charge on any atom is -0.426 e. The average Bonchev–Trinajstić information content (AvgIpc) is 2.84. The van der Waals surface area contributed by atoms with Gasteiger partial charge in [-0.2, -0.15) is 5.26 Å². The summed E-state index contributed by atoms with van der Waals surface area (Å²) >= 11 is 0. The minimum atomic E-state index is -0.673. The number of aromatic nitrogens is 1. The molecule has 1 aliphatic rings. The number of hydrogen-bond donors (Lipinski definition) is 0. The van der Waals surface area contributed by atoms with Gasteiger partial charge in [-0.05, 0) is 62.3 Å². The molecule has 0 atom stereocenters. The number of carbonyl (C=O) groups is 1. The summed E-state index contributed by atoms with van der Waals surface area (Å²) in [6.07, 6.45) is 15.6. The summed E-state index contributed by atoms with van der Waals surface area (Å²) in [5.74, 6) is -0.661. The second-order valence-corrected chi connectivity index (χ2v) is 9.19. The lowest BCUT2D eigenvalue weighted by atomic mass is 9.80. The van der Waals surface area contributed by atoms with Crippen LogP contribution in [0, 0.1) is 23.1 Å². The van der Waals surface area contributed by atoms with Crippen LogP contribution in [-0.2, 0) is 11.2 Å². The Morgan fingerprint density at radius 2 is 1.79 bits per heavy atom. The van der Waals surface area contributed by atoms with Crippen molar-refractivity contribution >= 4 is 5.97 Å². The Labute approximate surface area is 197 Å². The molecular weight excluding hydrogens is 415 g/mol. The van der Waals surface area contributed by atoms with Crippen molar-refractivity contribution in [3.8, 4) is 11.8 Å². The van der Waals surface area contributed by atoms with E-state index < -0.39 is 5.82 Å². The molecule has 1 fully saturated rings. The third-order valence-corrected chi connectivity index (χ3v) is 6.67. The topological polar surface area (TPSA) is 63.0 Å². The molecule has 0 amide bonds. The molecule has 1 aromatic heterocycles. The Balaban J connectivity index is 1.40. The van der Waals surface area contributed by atoms with E-state index in [9.17, 15) is 9.18 Å². The normalized spacial score (nSPS) is 18.0. The highest BCUT2D eigenvalue weighted by molar-refractivity contribution is 5.75. The van der Waals surface area contributed by atoms with Crippen LogP contribution in [-0.4, -0.2) is 11.0 Å². The largest absolute Gasteiger partial charge is 0.426 e. The summed E-state index contributed by atoms with van der Waals surface area (Å²) in [4.78, 5) is 17.2. The number of ether oxygens (including phenoxy) is 1. The van der Waals surface area contributed by atoms with Crippen LogP contribution < -0.4 is 4.74 Å². The zero-order chi connectivity index (χ0) is 23.5. The van der Waals surface area contributed by atoms with Crippen LogP contribution in [0.2, 0.25) is 0 Å². The summed E-state index contributed by atoms with van der Waals surface area (Å²) in [7, 11) is 0. The van der Waals surface area contributed by atoms with Crippen LogP contribution in [0.25, 0.3) is 0 Å². The highest BCUT2D eigenvalue weighted by Gasteiger charge is 2.29. The van der Waals surface area contributed by atoms with Crippen molar-refractivity contribution in [2.75, 3.05) is 0 Å². The predicted molar refractivity (Wildman–Crippen MR) is 127 cm³/mol. The summed E-state index contributed by atoms with van der Waals surface area (Å²) in [6.45, 7) is 2.25. The van der Waals surface area contributed by atoms with E-state index in [1.54, 1.807) is 6.07 Å². The van der Waals surface area contributed by atoms with Gasteiger partial charge in [-0.15, -0.1) is 0 Å². The molecule has 1 heterocycles. The quantitative estimate of drug-likeness (QED) is 0.205. The van der Waals surface area contributed by atoms with Crippen molar-refractivity contribution in [1.82, 2.24) is 4.98 Å². The number of halogens is 1. The molecule has 3 rings (SSSR count). The first-order valence-electron chi connectivity index (χ1n) is 12.5. The number of nitrogens with zero attached hydrogens (tertiary/aromatic N) is 2. The maximum atomic E-state index is 13.7. The number of benzene rings is 1. The maximum Gasteiger partial charge on any atom is 0.314 e. The van der Waals surface area contributed by atoms with Crippen molar-refractivity contribution in [2.24, 2.45) is 5.92 Å². The number of hydrogen-bond acceptors (Lipinski definition) is 4. The Bertz CT molecular complexity index is 928. The molecule has 0 saturated heterocycles. The van der Waals surface area contributed by atoms with E-state index >= 15 is 0 Å². The second kappa shape index (κ2) is 13.1. The van der Waals surface area contributed by atoms with Crippen LogP contribution in [0.15, 0.2) is 36.5 Å². The van der Waals surface area contributed by atoms with Crippen molar-refractivity contribution in [3.05, 3.63) is 59.2 Å². The number of esters is 1. The van der Waals surface area contributed by atoms with Gasteiger partial charge < -0.3 is 4.74 Å². The molecule has 0 spiro atoms. The van der Waals surface area contributed by atoms with Crippen molar-refractivity contribution in [3.63, 3.8) is 0 Å². The van der Waals surface area contributed by atoms with Gasteiger partial charge in [0.1, 0.15) is 17.6 Å². The Hall–Kier alpha value is -2.74. The van der Waals surface area contributed by atoms with Crippen LogP contribution in [0.1, 0.15) is 100 Å². The Morgan fingerprint density at radius 1 is 1.06 bits per heavy atom. The number of nitriles is 1. The van der Waals surface area contributed by atoms with Crippen LogP contribution in [0.3, 0.4) is 0 Å². The lowest BCUT2D eigenvalue weighted by Crippen LogP contribution is -2.25. The standard InChI is InChI=1S/C28H35FN2O2/c1-2-3-4-5-6-7-8-9-21-10-17-27(31-20-21)22-11-13-23(14-12-22)28(32)33-25-16-15-24(19-30)26(29)18-25/h10,15-18,20,22-23H,2-9,11-14H2,1H3. The molecule has 1 aromatic carbocycles. The Kier molecular flexibility index (Phi) is 9.87. The molecule has 0 bridgehead atoms. The van der Waals surface area contributed by atoms with E-state index in [2.05, 4.69) is 19.1 Å². The number of unbranched alkanes of at least 4 members (excludes halogenated alkanes) is 6. The molecule has 33 heavy (non-hydrogen) atoms. The van der Waals surface area contributed by atoms with E-state index in [-0.39, 0.29) is 23.2 Å². The number of aryl methyl sites for hydroxylation is 1. The average molecular weight is 451 g/mol. The zero-order valence-corrected chi connectivity index (χ0v) is 19.7. The van der Waals surface area contributed by atoms with E-state index in [4.69, 9.17) is 15.0 Å². The molecule has 2 aromatic rings. The summed E-state index contributed by atoms with van der Waals surface area (Å²) in [6, 6.07) is 10.0. The molecule has 1 aliphatic carbocycles. The third kappa shape index (κ3) is 7.67. The van der Waals surface area contributed by atoms with E-state index in [0.29, 0.717) is 5.92 Å². The molecule has 5 heteroatoms.